The quantitative estimate of drug-likeness (QED) is 0.504. The molecule has 0 aliphatic carbocycles. The van der Waals surface area contributed by atoms with Gasteiger partial charge in [0.2, 0.25) is 5.69 Å². The lowest BCUT2D eigenvalue weighted by atomic mass is 10.2. The molecule has 2 aromatic heterocycles. The van der Waals surface area contributed by atoms with Crippen LogP contribution in [0.2, 0.25) is 0 Å². The highest BCUT2D eigenvalue weighted by molar-refractivity contribution is 6.08. The van der Waals surface area contributed by atoms with Gasteiger partial charge in [-0.2, -0.15) is 0 Å². The Labute approximate surface area is 139 Å². The van der Waals surface area contributed by atoms with E-state index in [9.17, 15) is 0 Å². The van der Waals surface area contributed by atoms with Crippen LogP contribution in [0.1, 0.15) is 19.5 Å². The molecular weight excluding hydrogens is 282 g/mol. The molecule has 3 nitrogen and oxygen atoms in total. The van der Waals surface area contributed by atoms with Gasteiger partial charge in [0.05, 0.1) is 33.2 Å². The van der Waals surface area contributed by atoms with Crippen LogP contribution in [0.3, 0.4) is 0 Å². The number of fused-ring (bicyclic) bond motifs is 3. The minimum absolute atomic E-state index is 1.06. The smallest absolute Gasteiger partial charge is 0.202 e. The molecule has 3 rings (SSSR count). The van der Waals surface area contributed by atoms with Crippen molar-refractivity contribution in [1.82, 2.24) is 4.57 Å². The highest BCUT2D eigenvalue weighted by atomic mass is 15.3. The molecule has 0 aliphatic rings. The number of likely N-dealkylation sites (N-methyl/N-ethyl adjacent to an activating group) is 1. The number of rotatable bonds is 5. The number of para-hydroxylation sites is 1. The predicted octanol–water partition coefficient (Wildman–Crippen LogP) is 3.41. The van der Waals surface area contributed by atoms with Gasteiger partial charge in [-0.15, -0.1) is 0 Å². The minimum atomic E-state index is 1.06. The first-order valence-corrected chi connectivity index (χ1v) is 8.70. The molecule has 0 fully saturated rings. The number of hydrogen-bond acceptors (Lipinski definition) is 0. The van der Waals surface area contributed by atoms with E-state index in [0.717, 1.165) is 11.0 Å². The average Bonchev–Trinajstić information content (AvgIpc) is 2.90. The van der Waals surface area contributed by atoms with Gasteiger partial charge in [-0.1, -0.05) is 18.2 Å². The van der Waals surface area contributed by atoms with E-state index < -0.39 is 0 Å². The standard InChI is InChI=1S/C20H29N3/c1-6-23(5,7-2)15-14-22-19-11-9-8-10-17(19)18-12-13-21(4)16(3)20(18)22/h8-13H,6-7,14-15H2,1-5H3/q+2. The monoisotopic (exact) mass is 311 g/mol. The van der Waals surface area contributed by atoms with Gasteiger partial charge in [-0.25, -0.2) is 4.57 Å². The number of benzene rings is 1. The number of hydrogen-bond donors (Lipinski definition) is 0. The van der Waals surface area contributed by atoms with Crippen LogP contribution < -0.4 is 4.57 Å². The molecule has 0 atom stereocenters. The van der Waals surface area contributed by atoms with Crippen molar-refractivity contribution in [3.05, 3.63) is 42.2 Å². The summed E-state index contributed by atoms with van der Waals surface area (Å²) in [5, 5.41) is 2.74. The predicted molar refractivity (Wildman–Crippen MR) is 97.5 cm³/mol. The summed E-state index contributed by atoms with van der Waals surface area (Å²) in [7, 11) is 4.50. The van der Waals surface area contributed by atoms with Crippen molar-refractivity contribution < 1.29 is 9.05 Å². The van der Waals surface area contributed by atoms with E-state index in [-0.39, 0.29) is 0 Å². The van der Waals surface area contributed by atoms with E-state index in [4.69, 9.17) is 0 Å². The number of quaternary nitrogens is 1. The maximum Gasteiger partial charge on any atom is 0.202 e. The Morgan fingerprint density at radius 2 is 1.74 bits per heavy atom. The lowest BCUT2D eigenvalue weighted by molar-refractivity contribution is -0.906. The maximum absolute atomic E-state index is 2.53. The zero-order valence-electron chi connectivity index (χ0n) is 15.1. The summed E-state index contributed by atoms with van der Waals surface area (Å²) in [5.74, 6) is 0. The van der Waals surface area contributed by atoms with Crippen molar-refractivity contribution in [3.63, 3.8) is 0 Å². The Bertz CT molecular complexity index is 841. The molecule has 2 heterocycles. The van der Waals surface area contributed by atoms with Crippen LogP contribution in [-0.2, 0) is 13.6 Å². The number of pyridine rings is 1. The Kier molecular flexibility index (Phi) is 4.15. The number of nitrogens with zero attached hydrogens (tertiary/aromatic N) is 3. The molecule has 3 aromatic rings. The first-order valence-electron chi connectivity index (χ1n) is 8.70. The summed E-state index contributed by atoms with van der Waals surface area (Å²) in [6.07, 6.45) is 2.17. The van der Waals surface area contributed by atoms with Crippen LogP contribution in [0.5, 0.6) is 0 Å². The minimum Gasteiger partial charge on any atom is -0.330 e. The van der Waals surface area contributed by atoms with Crippen molar-refractivity contribution in [2.24, 2.45) is 7.05 Å². The second-order valence-electron chi connectivity index (χ2n) is 6.92. The lowest BCUT2D eigenvalue weighted by Gasteiger charge is -2.32. The van der Waals surface area contributed by atoms with E-state index in [1.807, 2.05) is 0 Å². The molecule has 3 heteroatoms. The molecule has 0 saturated heterocycles. The van der Waals surface area contributed by atoms with E-state index in [2.05, 4.69) is 80.5 Å². The fourth-order valence-corrected chi connectivity index (χ4v) is 3.47. The average molecular weight is 311 g/mol. The van der Waals surface area contributed by atoms with Gasteiger partial charge in [0.15, 0.2) is 6.20 Å². The normalized spacial score (nSPS) is 12.4. The van der Waals surface area contributed by atoms with Crippen molar-refractivity contribution in [1.29, 1.82) is 0 Å². The van der Waals surface area contributed by atoms with Crippen LogP contribution >= 0.6 is 0 Å². The highest BCUT2D eigenvalue weighted by Crippen LogP contribution is 2.29. The van der Waals surface area contributed by atoms with Crippen LogP contribution in [0.4, 0.5) is 0 Å². The van der Waals surface area contributed by atoms with Crippen LogP contribution in [-0.4, -0.2) is 35.7 Å². The van der Waals surface area contributed by atoms with Gasteiger partial charge in [-0.05, 0) is 19.9 Å². The third-order valence-corrected chi connectivity index (χ3v) is 5.74. The summed E-state index contributed by atoms with van der Waals surface area (Å²) in [5.41, 5.74) is 4.08. The summed E-state index contributed by atoms with van der Waals surface area (Å²) in [6, 6.07) is 11.1. The topological polar surface area (TPSA) is 8.81 Å². The molecule has 122 valence electrons. The number of aryl methyl sites for hydroxylation is 2. The van der Waals surface area contributed by atoms with Gasteiger partial charge in [0, 0.05) is 29.3 Å². The summed E-state index contributed by atoms with van der Waals surface area (Å²) in [4.78, 5) is 0. The van der Waals surface area contributed by atoms with Gasteiger partial charge in [-0.3, -0.25) is 0 Å². The molecule has 0 aliphatic heterocycles. The molecule has 0 radical (unpaired) electrons. The molecule has 0 unspecified atom stereocenters. The van der Waals surface area contributed by atoms with E-state index in [1.165, 1.54) is 47.1 Å². The van der Waals surface area contributed by atoms with Crippen molar-refractivity contribution in [3.8, 4) is 0 Å². The lowest BCUT2D eigenvalue weighted by Crippen LogP contribution is -2.45. The second kappa shape index (κ2) is 5.97. The molecular formula is C20H29N3+2. The molecule has 0 saturated carbocycles. The second-order valence-corrected chi connectivity index (χ2v) is 6.92. The maximum atomic E-state index is 2.53. The molecule has 0 bridgehead atoms. The highest BCUT2D eigenvalue weighted by Gasteiger charge is 2.21. The zero-order valence-corrected chi connectivity index (χ0v) is 15.1. The Balaban J connectivity index is 2.19. The SMILES string of the molecule is CC[N+](C)(CC)CCn1c2ccccc2c2cc[n+](C)c(C)c21. The fourth-order valence-electron chi connectivity index (χ4n) is 3.47. The third-order valence-electron chi connectivity index (χ3n) is 5.74. The van der Waals surface area contributed by atoms with Gasteiger partial charge in [0.1, 0.15) is 12.6 Å². The Morgan fingerprint density at radius 1 is 1.04 bits per heavy atom. The zero-order chi connectivity index (χ0) is 16.6. The summed E-state index contributed by atoms with van der Waals surface area (Å²) < 4.78 is 5.87. The first kappa shape index (κ1) is 16.0. The number of aromatic nitrogens is 2. The van der Waals surface area contributed by atoms with Crippen molar-refractivity contribution in [2.75, 3.05) is 26.7 Å². The van der Waals surface area contributed by atoms with Crippen molar-refractivity contribution >= 4 is 21.8 Å². The Hall–Kier alpha value is -1.87. The Morgan fingerprint density at radius 3 is 2.43 bits per heavy atom. The molecule has 0 spiro atoms. The van der Waals surface area contributed by atoms with Crippen LogP contribution in [0.25, 0.3) is 21.8 Å². The van der Waals surface area contributed by atoms with Crippen LogP contribution in [0.15, 0.2) is 36.5 Å². The third kappa shape index (κ3) is 2.63. The summed E-state index contributed by atoms with van der Waals surface area (Å²) in [6.45, 7) is 11.4. The van der Waals surface area contributed by atoms with E-state index >= 15 is 0 Å². The fraction of sp³-hybridized carbons (Fsp3) is 0.450. The van der Waals surface area contributed by atoms with E-state index in [1.54, 1.807) is 0 Å². The van der Waals surface area contributed by atoms with Gasteiger partial charge in [0.25, 0.3) is 0 Å². The molecule has 0 amide bonds. The van der Waals surface area contributed by atoms with Gasteiger partial charge < -0.3 is 9.05 Å². The van der Waals surface area contributed by atoms with Crippen molar-refractivity contribution in [2.45, 2.75) is 27.3 Å². The van der Waals surface area contributed by atoms with Crippen LogP contribution in [0, 0.1) is 6.92 Å². The molecule has 1 aromatic carbocycles. The molecule has 23 heavy (non-hydrogen) atoms. The largest absolute Gasteiger partial charge is 0.330 e. The molecule has 0 N–H and O–H groups in total. The first-order chi connectivity index (χ1) is 11.0. The van der Waals surface area contributed by atoms with Gasteiger partial charge >= 0.3 is 0 Å². The van der Waals surface area contributed by atoms with E-state index in [0.29, 0.717) is 0 Å². The summed E-state index contributed by atoms with van der Waals surface area (Å²) >= 11 is 0.